The first-order chi connectivity index (χ1) is 6.69. The lowest BCUT2D eigenvalue weighted by atomic mass is 10.0. The molecule has 0 spiro atoms. The largest absolute Gasteiger partial charge is 0.496 e. The van der Waals surface area contributed by atoms with Crippen molar-refractivity contribution in [1.29, 1.82) is 0 Å². The first-order valence-corrected chi connectivity index (χ1v) is 4.62. The lowest BCUT2D eigenvalue weighted by molar-refractivity contribution is 0.177. The number of aliphatic hydroxyl groups is 1. The van der Waals surface area contributed by atoms with Crippen LogP contribution < -0.4 is 4.74 Å². The van der Waals surface area contributed by atoms with Crippen molar-refractivity contribution in [2.24, 2.45) is 0 Å². The molecule has 14 heavy (non-hydrogen) atoms. The van der Waals surface area contributed by atoms with E-state index < -0.39 is 6.10 Å². The number of methoxy groups -OCH3 is 1. The molecule has 1 rings (SSSR count). The Bertz CT molecular complexity index is 318. The molecule has 0 bridgehead atoms. The van der Waals surface area contributed by atoms with E-state index in [0.717, 1.165) is 16.9 Å². The Balaban J connectivity index is 3.02. The fourth-order valence-corrected chi connectivity index (χ4v) is 1.40. The molecule has 0 radical (unpaired) electrons. The minimum Gasteiger partial charge on any atom is -0.496 e. The summed E-state index contributed by atoms with van der Waals surface area (Å²) in [5, 5.41) is 9.81. The highest BCUT2D eigenvalue weighted by Gasteiger charge is 2.11. The zero-order valence-electron chi connectivity index (χ0n) is 8.66. The van der Waals surface area contributed by atoms with Crippen LogP contribution in [0, 0.1) is 6.92 Å². The van der Waals surface area contributed by atoms with Crippen LogP contribution >= 0.6 is 0 Å². The summed E-state index contributed by atoms with van der Waals surface area (Å²) in [5.41, 5.74) is 1.94. The molecule has 76 valence electrons. The highest BCUT2D eigenvalue weighted by molar-refractivity contribution is 5.38. The average Bonchev–Trinajstić information content (AvgIpc) is 2.18. The molecular weight excluding hydrogens is 176 g/mol. The van der Waals surface area contributed by atoms with E-state index >= 15 is 0 Å². The number of hydrogen-bond acceptors (Lipinski definition) is 2. The SMILES string of the molecule is C=CCC(O)c1cc(C)ccc1OC. The summed E-state index contributed by atoms with van der Waals surface area (Å²) in [6.07, 6.45) is 1.72. The quantitative estimate of drug-likeness (QED) is 0.743. The first-order valence-electron chi connectivity index (χ1n) is 4.62. The smallest absolute Gasteiger partial charge is 0.124 e. The fourth-order valence-electron chi connectivity index (χ4n) is 1.40. The first kappa shape index (κ1) is 10.8. The van der Waals surface area contributed by atoms with Gasteiger partial charge in [-0.05, 0) is 25.5 Å². The molecule has 0 fully saturated rings. The summed E-state index contributed by atoms with van der Waals surface area (Å²) in [4.78, 5) is 0. The summed E-state index contributed by atoms with van der Waals surface area (Å²) >= 11 is 0. The number of benzene rings is 1. The van der Waals surface area contributed by atoms with Crippen molar-refractivity contribution in [3.8, 4) is 5.75 Å². The van der Waals surface area contributed by atoms with Crippen LogP contribution in [0.4, 0.5) is 0 Å². The monoisotopic (exact) mass is 192 g/mol. The van der Waals surface area contributed by atoms with E-state index in [1.165, 1.54) is 0 Å². The fraction of sp³-hybridized carbons (Fsp3) is 0.333. The molecule has 0 heterocycles. The minimum atomic E-state index is -0.526. The van der Waals surface area contributed by atoms with Gasteiger partial charge in [0.1, 0.15) is 5.75 Å². The van der Waals surface area contributed by atoms with Crippen molar-refractivity contribution in [1.82, 2.24) is 0 Å². The van der Waals surface area contributed by atoms with E-state index in [1.807, 2.05) is 25.1 Å². The predicted molar refractivity (Wildman–Crippen MR) is 57.5 cm³/mol. The molecule has 2 heteroatoms. The summed E-state index contributed by atoms with van der Waals surface area (Å²) in [6.45, 7) is 5.59. The van der Waals surface area contributed by atoms with Gasteiger partial charge in [0.25, 0.3) is 0 Å². The number of ether oxygens (including phenoxy) is 1. The normalized spacial score (nSPS) is 12.2. The average molecular weight is 192 g/mol. The molecule has 1 aromatic carbocycles. The molecule has 0 saturated carbocycles. The van der Waals surface area contributed by atoms with Gasteiger partial charge >= 0.3 is 0 Å². The zero-order valence-corrected chi connectivity index (χ0v) is 8.66. The molecule has 0 aliphatic heterocycles. The van der Waals surface area contributed by atoms with Gasteiger partial charge in [0.2, 0.25) is 0 Å². The molecule has 1 atom stereocenters. The van der Waals surface area contributed by atoms with E-state index in [1.54, 1.807) is 13.2 Å². The number of hydrogen-bond donors (Lipinski definition) is 1. The molecule has 0 saturated heterocycles. The Morgan fingerprint density at radius 3 is 2.86 bits per heavy atom. The molecule has 0 aliphatic carbocycles. The van der Waals surface area contributed by atoms with E-state index in [9.17, 15) is 5.11 Å². The van der Waals surface area contributed by atoms with Gasteiger partial charge in [-0.25, -0.2) is 0 Å². The van der Waals surface area contributed by atoms with Crippen molar-refractivity contribution in [2.45, 2.75) is 19.4 Å². The van der Waals surface area contributed by atoms with Gasteiger partial charge in [0.05, 0.1) is 13.2 Å². The highest BCUT2D eigenvalue weighted by Crippen LogP contribution is 2.28. The molecular formula is C12H16O2. The van der Waals surface area contributed by atoms with Crippen LogP contribution in [0.1, 0.15) is 23.7 Å². The highest BCUT2D eigenvalue weighted by atomic mass is 16.5. The Morgan fingerprint density at radius 1 is 1.57 bits per heavy atom. The summed E-state index contributed by atoms with van der Waals surface area (Å²) < 4.78 is 5.17. The standard InChI is InChI=1S/C12H16O2/c1-4-5-11(13)10-8-9(2)6-7-12(10)14-3/h4,6-8,11,13H,1,5H2,2-3H3. The summed E-state index contributed by atoms with van der Waals surface area (Å²) in [6, 6.07) is 5.77. The molecule has 2 nitrogen and oxygen atoms in total. The van der Waals surface area contributed by atoms with E-state index in [4.69, 9.17) is 4.74 Å². The second kappa shape index (κ2) is 4.82. The Labute approximate surface area is 84.8 Å². The van der Waals surface area contributed by atoms with Gasteiger partial charge < -0.3 is 9.84 Å². The van der Waals surface area contributed by atoms with Crippen LogP contribution in [-0.4, -0.2) is 12.2 Å². The Hall–Kier alpha value is -1.28. The third kappa shape index (κ3) is 2.36. The molecule has 0 aromatic heterocycles. The number of aryl methyl sites for hydroxylation is 1. The van der Waals surface area contributed by atoms with Crippen LogP contribution in [0.3, 0.4) is 0 Å². The van der Waals surface area contributed by atoms with E-state index in [2.05, 4.69) is 6.58 Å². The molecule has 0 amide bonds. The number of aliphatic hydroxyl groups excluding tert-OH is 1. The number of rotatable bonds is 4. The zero-order chi connectivity index (χ0) is 10.6. The molecule has 1 aromatic rings. The van der Waals surface area contributed by atoms with Crippen LogP contribution in [0.15, 0.2) is 30.9 Å². The third-order valence-electron chi connectivity index (χ3n) is 2.13. The van der Waals surface area contributed by atoms with Crippen LogP contribution in [-0.2, 0) is 0 Å². The van der Waals surface area contributed by atoms with Crippen LogP contribution in [0.25, 0.3) is 0 Å². The van der Waals surface area contributed by atoms with Gasteiger partial charge in [-0.15, -0.1) is 6.58 Å². The van der Waals surface area contributed by atoms with E-state index in [0.29, 0.717) is 6.42 Å². The Morgan fingerprint density at radius 2 is 2.29 bits per heavy atom. The van der Waals surface area contributed by atoms with Gasteiger partial charge in [-0.1, -0.05) is 17.7 Å². The van der Waals surface area contributed by atoms with E-state index in [-0.39, 0.29) is 0 Å². The molecule has 1 N–H and O–H groups in total. The molecule has 1 unspecified atom stereocenters. The van der Waals surface area contributed by atoms with Gasteiger partial charge in [-0.3, -0.25) is 0 Å². The second-order valence-corrected chi connectivity index (χ2v) is 3.29. The topological polar surface area (TPSA) is 29.5 Å². The van der Waals surface area contributed by atoms with Gasteiger partial charge in [0, 0.05) is 5.56 Å². The third-order valence-corrected chi connectivity index (χ3v) is 2.13. The summed E-state index contributed by atoms with van der Waals surface area (Å²) in [5.74, 6) is 0.727. The van der Waals surface area contributed by atoms with Crippen molar-refractivity contribution in [3.63, 3.8) is 0 Å². The minimum absolute atomic E-state index is 0.526. The lowest BCUT2D eigenvalue weighted by Crippen LogP contribution is -1.99. The van der Waals surface area contributed by atoms with Crippen molar-refractivity contribution >= 4 is 0 Å². The van der Waals surface area contributed by atoms with Crippen molar-refractivity contribution in [3.05, 3.63) is 42.0 Å². The predicted octanol–water partition coefficient (Wildman–Crippen LogP) is 2.61. The maximum Gasteiger partial charge on any atom is 0.124 e. The lowest BCUT2D eigenvalue weighted by Gasteiger charge is -2.13. The maximum atomic E-state index is 9.81. The van der Waals surface area contributed by atoms with Gasteiger partial charge in [0.15, 0.2) is 0 Å². The summed E-state index contributed by atoms with van der Waals surface area (Å²) in [7, 11) is 1.61. The van der Waals surface area contributed by atoms with Crippen LogP contribution in [0.2, 0.25) is 0 Å². The Kier molecular flexibility index (Phi) is 3.72. The van der Waals surface area contributed by atoms with Crippen molar-refractivity contribution in [2.75, 3.05) is 7.11 Å². The van der Waals surface area contributed by atoms with Crippen molar-refractivity contribution < 1.29 is 9.84 Å². The molecule has 0 aliphatic rings. The maximum absolute atomic E-state index is 9.81. The second-order valence-electron chi connectivity index (χ2n) is 3.29. The van der Waals surface area contributed by atoms with Crippen LogP contribution in [0.5, 0.6) is 5.75 Å². The van der Waals surface area contributed by atoms with Gasteiger partial charge in [-0.2, -0.15) is 0 Å².